The van der Waals surface area contributed by atoms with Crippen molar-refractivity contribution in [3.8, 4) is 17.2 Å². The number of aromatic nitrogens is 2. The number of alkyl halides is 3. The van der Waals surface area contributed by atoms with Crippen LogP contribution in [0.25, 0.3) is 11.5 Å². The molecule has 3 aromatic rings. The lowest BCUT2D eigenvalue weighted by Gasteiger charge is -2.16. The van der Waals surface area contributed by atoms with E-state index >= 15 is 0 Å². The Hall–Kier alpha value is -3.34. The minimum Gasteiger partial charge on any atom is -0.507 e. The van der Waals surface area contributed by atoms with Gasteiger partial charge in [0.2, 0.25) is 11.8 Å². The lowest BCUT2D eigenvalue weighted by molar-refractivity contribution is -0.137. The van der Waals surface area contributed by atoms with Gasteiger partial charge < -0.3 is 9.52 Å². The molecule has 154 valence electrons. The number of amides is 2. The van der Waals surface area contributed by atoms with Gasteiger partial charge in [-0.05, 0) is 30.3 Å². The Morgan fingerprint density at radius 3 is 2.60 bits per heavy atom. The van der Waals surface area contributed by atoms with Crippen LogP contribution in [-0.2, 0) is 15.8 Å². The van der Waals surface area contributed by atoms with Crippen molar-refractivity contribution >= 4 is 29.3 Å². The Bertz CT molecular complexity index is 1130. The first kappa shape index (κ1) is 20.0. The molecule has 0 unspecified atom stereocenters. The zero-order chi connectivity index (χ0) is 21.5. The van der Waals surface area contributed by atoms with Crippen LogP contribution in [0.15, 0.2) is 58.2 Å². The first-order valence-corrected chi connectivity index (χ1v) is 9.44. The van der Waals surface area contributed by atoms with E-state index in [1.165, 1.54) is 12.1 Å². The van der Waals surface area contributed by atoms with Crippen LogP contribution >= 0.6 is 11.8 Å². The van der Waals surface area contributed by atoms with E-state index in [9.17, 15) is 27.9 Å². The number of halogens is 3. The maximum atomic E-state index is 12.9. The largest absolute Gasteiger partial charge is 0.507 e. The number of hydrogen-bond donors (Lipinski definition) is 1. The number of carbonyl (C=O) groups excluding carboxylic acids is 2. The topological polar surface area (TPSA) is 96.5 Å². The summed E-state index contributed by atoms with van der Waals surface area (Å²) in [4.78, 5) is 25.7. The molecule has 1 atom stereocenters. The van der Waals surface area contributed by atoms with Gasteiger partial charge >= 0.3 is 6.18 Å². The van der Waals surface area contributed by atoms with Gasteiger partial charge in [0.25, 0.3) is 11.1 Å². The molecule has 1 aromatic heterocycles. The zero-order valence-corrected chi connectivity index (χ0v) is 15.8. The quantitative estimate of drug-likeness (QED) is 0.621. The molecular weight excluding hydrogens is 423 g/mol. The minimum atomic E-state index is -4.60. The van der Waals surface area contributed by atoms with Crippen LogP contribution < -0.4 is 4.90 Å². The molecule has 1 saturated heterocycles. The molecule has 11 heteroatoms. The highest BCUT2D eigenvalue weighted by Crippen LogP contribution is 2.37. The summed E-state index contributed by atoms with van der Waals surface area (Å²) in [5.41, 5.74) is -0.805. The van der Waals surface area contributed by atoms with Crippen molar-refractivity contribution in [2.75, 3.05) is 4.90 Å². The second-order valence-corrected chi connectivity index (χ2v) is 7.47. The van der Waals surface area contributed by atoms with Crippen molar-refractivity contribution in [3.05, 3.63) is 54.1 Å². The Morgan fingerprint density at radius 2 is 1.87 bits per heavy atom. The number of thioether (sulfide) groups is 1. The summed E-state index contributed by atoms with van der Waals surface area (Å²) in [6.45, 7) is 0. The van der Waals surface area contributed by atoms with Gasteiger partial charge in [-0.1, -0.05) is 30.0 Å². The predicted octanol–water partition coefficient (Wildman–Crippen LogP) is 3.89. The molecule has 0 spiro atoms. The molecule has 1 N–H and O–H groups in total. The second-order valence-electron chi connectivity index (χ2n) is 6.32. The summed E-state index contributed by atoms with van der Waals surface area (Å²) in [6.07, 6.45) is -4.83. The fourth-order valence-electron chi connectivity index (χ4n) is 2.93. The van der Waals surface area contributed by atoms with Gasteiger partial charge in [-0.25, -0.2) is 4.90 Å². The fraction of sp³-hybridized carbons (Fsp3) is 0.158. The lowest BCUT2D eigenvalue weighted by atomic mass is 10.2. The molecule has 30 heavy (non-hydrogen) atoms. The Balaban J connectivity index is 1.54. The standard InChI is InChI=1S/C19H12F3N3O4S/c20-19(21,22)10-4-3-5-11(8-10)25-15(27)9-14(17(25)28)30-18-24-23-16(29-18)12-6-1-2-7-13(12)26/h1-8,14,26H,9H2/t14-/m0/s1. The van der Waals surface area contributed by atoms with Gasteiger partial charge in [0.05, 0.1) is 16.8 Å². The number of aromatic hydroxyl groups is 1. The second kappa shape index (κ2) is 7.48. The SMILES string of the molecule is O=C1C[C@H](Sc2nnc(-c3ccccc3O)o2)C(=O)N1c1cccc(C(F)(F)F)c1. The highest BCUT2D eigenvalue weighted by atomic mass is 32.2. The smallest absolute Gasteiger partial charge is 0.416 e. The Labute approximate surface area is 171 Å². The molecule has 0 saturated carbocycles. The van der Waals surface area contributed by atoms with Gasteiger partial charge in [-0.2, -0.15) is 13.2 Å². The number of nitrogens with zero attached hydrogens (tertiary/aromatic N) is 3. The van der Waals surface area contributed by atoms with Crippen molar-refractivity contribution in [3.63, 3.8) is 0 Å². The number of imide groups is 1. The highest BCUT2D eigenvalue weighted by Gasteiger charge is 2.42. The molecule has 2 heterocycles. The van der Waals surface area contributed by atoms with Crippen molar-refractivity contribution in [1.29, 1.82) is 0 Å². The van der Waals surface area contributed by atoms with Crippen molar-refractivity contribution in [2.24, 2.45) is 0 Å². The number of para-hydroxylation sites is 1. The van der Waals surface area contributed by atoms with Crippen LogP contribution in [0.2, 0.25) is 0 Å². The molecule has 4 rings (SSSR count). The van der Waals surface area contributed by atoms with Crippen molar-refractivity contribution in [1.82, 2.24) is 10.2 Å². The maximum absolute atomic E-state index is 12.9. The number of benzene rings is 2. The summed E-state index contributed by atoms with van der Waals surface area (Å²) in [5, 5.41) is 16.5. The third-order valence-corrected chi connectivity index (χ3v) is 5.34. The Kier molecular flexibility index (Phi) is 4.98. The molecular formula is C19H12F3N3O4S. The molecule has 7 nitrogen and oxygen atoms in total. The Morgan fingerprint density at radius 1 is 1.10 bits per heavy atom. The number of hydrogen-bond acceptors (Lipinski definition) is 7. The summed E-state index contributed by atoms with van der Waals surface area (Å²) < 4.78 is 44.3. The van der Waals surface area contributed by atoms with E-state index in [-0.39, 0.29) is 29.0 Å². The van der Waals surface area contributed by atoms with Crippen LogP contribution in [0.1, 0.15) is 12.0 Å². The van der Waals surface area contributed by atoms with Gasteiger partial charge in [0.1, 0.15) is 11.0 Å². The predicted molar refractivity (Wildman–Crippen MR) is 99.6 cm³/mol. The summed E-state index contributed by atoms with van der Waals surface area (Å²) in [5.74, 6) is -1.34. The van der Waals surface area contributed by atoms with Crippen LogP contribution in [0.5, 0.6) is 5.75 Å². The molecule has 1 aliphatic heterocycles. The van der Waals surface area contributed by atoms with Gasteiger partial charge in [0, 0.05) is 6.42 Å². The maximum Gasteiger partial charge on any atom is 0.416 e. The van der Waals surface area contributed by atoms with E-state index in [4.69, 9.17) is 4.42 Å². The van der Waals surface area contributed by atoms with E-state index < -0.39 is 28.8 Å². The van der Waals surface area contributed by atoms with Crippen LogP contribution in [0.4, 0.5) is 18.9 Å². The highest BCUT2D eigenvalue weighted by molar-refractivity contribution is 8.00. The van der Waals surface area contributed by atoms with Gasteiger partial charge in [0.15, 0.2) is 0 Å². The average Bonchev–Trinajstić information content (AvgIpc) is 3.26. The monoisotopic (exact) mass is 435 g/mol. The number of rotatable bonds is 4. The first-order chi connectivity index (χ1) is 14.2. The van der Waals surface area contributed by atoms with Gasteiger partial charge in [-0.15, -0.1) is 10.2 Å². The zero-order valence-electron chi connectivity index (χ0n) is 15.0. The fourth-order valence-corrected chi connectivity index (χ4v) is 3.82. The third-order valence-electron chi connectivity index (χ3n) is 4.32. The van der Waals surface area contributed by atoms with E-state index in [1.807, 2.05) is 0 Å². The van der Waals surface area contributed by atoms with Crippen LogP contribution in [0.3, 0.4) is 0 Å². The summed E-state index contributed by atoms with van der Waals surface area (Å²) >= 11 is 0.836. The number of phenolic OH excluding ortho intramolecular Hbond substituents is 1. The van der Waals surface area contributed by atoms with E-state index in [0.717, 1.165) is 34.9 Å². The normalized spacial score (nSPS) is 17.0. The molecule has 0 aliphatic carbocycles. The number of carbonyl (C=O) groups is 2. The first-order valence-electron chi connectivity index (χ1n) is 8.56. The van der Waals surface area contributed by atoms with E-state index in [1.54, 1.807) is 18.2 Å². The van der Waals surface area contributed by atoms with Crippen LogP contribution in [0, 0.1) is 0 Å². The van der Waals surface area contributed by atoms with E-state index in [2.05, 4.69) is 10.2 Å². The minimum absolute atomic E-state index is 0.00899. The van der Waals surface area contributed by atoms with Gasteiger partial charge in [-0.3, -0.25) is 9.59 Å². The molecule has 0 radical (unpaired) electrons. The van der Waals surface area contributed by atoms with E-state index in [0.29, 0.717) is 5.56 Å². The lowest BCUT2D eigenvalue weighted by Crippen LogP contribution is -2.31. The summed E-state index contributed by atoms with van der Waals surface area (Å²) in [7, 11) is 0. The third kappa shape index (κ3) is 3.75. The van der Waals surface area contributed by atoms with Crippen LogP contribution in [-0.4, -0.2) is 32.4 Å². The average molecular weight is 435 g/mol. The number of anilines is 1. The van der Waals surface area contributed by atoms with Crippen molar-refractivity contribution in [2.45, 2.75) is 23.1 Å². The number of phenols is 1. The molecule has 1 aliphatic rings. The van der Waals surface area contributed by atoms with Crippen molar-refractivity contribution < 1.29 is 32.3 Å². The molecule has 2 aromatic carbocycles. The molecule has 2 amide bonds. The molecule has 0 bridgehead atoms. The summed E-state index contributed by atoms with van der Waals surface area (Å²) in [6, 6.07) is 10.3. The molecule has 1 fully saturated rings.